The van der Waals surface area contributed by atoms with Crippen LogP contribution in [0.4, 0.5) is 8.78 Å². The topological polar surface area (TPSA) is 41.5 Å². The minimum Gasteiger partial charge on any atom is -0.492 e. The molecular weight excluding hydrogens is 240 g/mol. The molecule has 102 valence electrons. The Bertz CT molecular complexity index is 370. The quantitative estimate of drug-likeness (QED) is 0.788. The van der Waals surface area contributed by atoms with Gasteiger partial charge in [-0.25, -0.2) is 8.78 Å². The summed E-state index contributed by atoms with van der Waals surface area (Å²) in [4.78, 5) is 0. The minimum absolute atomic E-state index is 0.00946. The summed E-state index contributed by atoms with van der Waals surface area (Å²) in [5.74, 6) is -1.52. The van der Waals surface area contributed by atoms with Crippen molar-refractivity contribution in [3.05, 3.63) is 29.8 Å². The third kappa shape index (κ3) is 4.58. The lowest BCUT2D eigenvalue weighted by molar-refractivity contribution is 0.205. The summed E-state index contributed by atoms with van der Waals surface area (Å²) in [6.45, 7) is 4.25. The molecule has 5 heteroatoms. The molecule has 0 fully saturated rings. The summed E-state index contributed by atoms with van der Waals surface area (Å²) < 4.78 is 31.0. The van der Waals surface area contributed by atoms with Gasteiger partial charge >= 0.3 is 0 Å². The van der Waals surface area contributed by atoms with Crippen LogP contribution in [0.25, 0.3) is 0 Å². The van der Waals surface area contributed by atoms with Gasteiger partial charge in [-0.1, -0.05) is 6.92 Å². The van der Waals surface area contributed by atoms with Crippen LogP contribution in [0.3, 0.4) is 0 Å². The van der Waals surface area contributed by atoms with Crippen LogP contribution in [0.15, 0.2) is 18.2 Å². The third-order valence-electron chi connectivity index (χ3n) is 2.62. The van der Waals surface area contributed by atoms with Gasteiger partial charge in [0.1, 0.15) is 12.4 Å². The van der Waals surface area contributed by atoms with Crippen LogP contribution in [-0.4, -0.2) is 30.4 Å². The fraction of sp³-hybridized carbons (Fsp3) is 0.538. The first-order valence-electron chi connectivity index (χ1n) is 6.01. The van der Waals surface area contributed by atoms with E-state index in [0.29, 0.717) is 12.4 Å². The molecule has 0 radical (unpaired) electrons. The number of halogens is 2. The number of aliphatic hydroxyl groups is 1. The Balaban J connectivity index is 2.42. The van der Waals surface area contributed by atoms with Crippen LogP contribution in [0.1, 0.15) is 20.3 Å². The van der Waals surface area contributed by atoms with Gasteiger partial charge < -0.3 is 15.2 Å². The highest BCUT2D eigenvalue weighted by atomic mass is 19.2. The maximum atomic E-state index is 12.9. The zero-order valence-corrected chi connectivity index (χ0v) is 10.6. The Morgan fingerprint density at radius 3 is 2.61 bits per heavy atom. The lowest BCUT2D eigenvalue weighted by atomic mass is 10.2. The van der Waals surface area contributed by atoms with E-state index in [1.807, 2.05) is 13.8 Å². The van der Waals surface area contributed by atoms with Crippen LogP contribution in [0.5, 0.6) is 5.75 Å². The van der Waals surface area contributed by atoms with Gasteiger partial charge in [0.15, 0.2) is 11.6 Å². The molecule has 3 nitrogen and oxygen atoms in total. The molecule has 18 heavy (non-hydrogen) atoms. The van der Waals surface area contributed by atoms with Crippen molar-refractivity contribution in [3.8, 4) is 5.75 Å². The second-order valence-electron chi connectivity index (χ2n) is 4.24. The number of ether oxygens (including phenoxy) is 1. The summed E-state index contributed by atoms with van der Waals surface area (Å²) in [5.41, 5.74) is 0. The molecule has 2 unspecified atom stereocenters. The molecule has 0 aliphatic heterocycles. The SMILES string of the molecule is CCC(CO)NC(C)COc1ccc(F)c(F)c1. The van der Waals surface area contributed by atoms with Crippen LogP contribution in [0.2, 0.25) is 0 Å². The molecule has 1 rings (SSSR count). The van der Waals surface area contributed by atoms with E-state index in [1.165, 1.54) is 6.07 Å². The summed E-state index contributed by atoms with van der Waals surface area (Å²) >= 11 is 0. The fourth-order valence-electron chi connectivity index (χ4n) is 1.54. The van der Waals surface area contributed by atoms with E-state index in [2.05, 4.69) is 5.32 Å². The van der Waals surface area contributed by atoms with E-state index < -0.39 is 11.6 Å². The van der Waals surface area contributed by atoms with Crippen LogP contribution < -0.4 is 10.1 Å². The second-order valence-corrected chi connectivity index (χ2v) is 4.24. The number of aliphatic hydroxyl groups excluding tert-OH is 1. The van der Waals surface area contributed by atoms with E-state index in [-0.39, 0.29) is 18.7 Å². The molecule has 0 aliphatic carbocycles. The van der Waals surface area contributed by atoms with E-state index in [9.17, 15) is 8.78 Å². The first kappa shape index (κ1) is 14.9. The Hall–Kier alpha value is -1.20. The monoisotopic (exact) mass is 259 g/mol. The molecule has 0 aromatic heterocycles. The predicted molar refractivity (Wildman–Crippen MR) is 65.6 cm³/mol. The summed E-state index contributed by atoms with van der Waals surface area (Å²) in [6, 6.07) is 3.47. The predicted octanol–water partition coefficient (Wildman–Crippen LogP) is 2.09. The molecule has 0 aliphatic rings. The highest BCUT2D eigenvalue weighted by Gasteiger charge is 2.10. The van der Waals surface area contributed by atoms with Crippen molar-refractivity contribution in [2.45, 2.75) is 32.4 Å². The van der Waals surface area contributed by atoms with E-state index in [4.69, 9.17) is 9.84 Å². The zero-order valence-electron chi connectivity index (χ0n) is 10.6. The van der Waals surface area contributed by atoms with Crippen LogP contribution >= 0.6 is 0 Å². The zero-order chi connectivity index (χ0) is 13.5. The van der Waals surface area contributed by atoms with Gasteiger partial charge in [-0.15, -0.1) is 0 Å². The average molecular weight is 259 g/mol. The van der Waals surface area contributed by atoms with Gasteiger partial charge in [-0.3, -0.25) is 0 Å². The lowest BCUT2D eigenvalue weighted by Gasteiger charge is -2.20. The van der Waals surface area contributed by atoms with Crippen LogP contribution in [0, 0.1) is 11.6 Å². The maximum absolute atomic E-state index is 12.9. The van der Waals surface area contributed by atoms with Gasteiger partial charge in [0.05, 0.1) is 6.61 Å². The molecule has 2 atom stereocenters. The fourth-order valence-corrected chi connectivity index (χ4v) is 1.54. The number of hydrogen-bond donors (Lipinski definition) is 2. The van der Waals surface area contributed by atoms with E-state index in [1.54, 1.807) is 0 Å². The normalized spacial score (nSPS) is 14.3. The number of benzene rings is 1. The molecule has 2 N–H and O–H groups in total. The van der Waals surface area contributed by atoms with Crippen molar-refractivity contribution < 1.29 is 18.6 Å². The van der Waals surface area contributed by atoms with Crippen molar-refractivity contribution in [2.24, 2.45) is 0 Å². The summed E-state index contributed by atoms with van der Waals surface area (Å²) in [5, 5.41) is 12.2. The lowest BCUT2D eigenvalue weighted by Crippen LogP contribution is -2.41. The Labute approximate surface area is 106 Å². The standard InChI is InChI=1S/C13H19F2NO2/c1-3-10(7-17)16-9(2)8-18-11-4-5-12(14)13(15)6-11/h4-6,9-10,16-17H,3,7-8H2,1-2H3. The summed E-state index contributed by atoms with van der Waals surface area (Å²) in [7, 11) is 0. The van der Waals surface area contributed by atoms with Gasteiger partial charge in [-0.05, 0) is 25.5 Å². The molecule has 1 aromatic rings. The van der Waals surface area contributed by atoms with Gasteiger partial charge in [0.25, 0.3) is 0 Å². The number of rotatable bonds is 7. The molecule has 0 amide bonds. The molecule has 0 bridgehead atoms. The maximum Gasteiger partial charge on any atom is 0.162 e. The molecule has 1 aromatic carbocycles. The Morgan fingerprint density at radius 2 is 2.06 bits per heavy atom. The first-order valence-corrected chi connectivity index (χ1v) is 6.01. The minimum atomic E-state index is -0.921. The van der Waals surface area contributed by atoms with Crippen molar-refractivity contribution >= 4 is 0 Å². The van der Waals surface area contributed by atoms with Gasteiger partial charge in [-0.2, -0.15) is 0 Å². The highest BCUT2D eigenvalue weighted by Crippen LogP contribution is 2.15. The van der Waals surface area contributed by atoms with E-state index in [0.717, 1.165) is 18.6 Å². The molecular formula is C13H19F2NO2. The molecule has 0 saturated heterocycles. The van der Waals surface area contributed by atoms with Crippen molar-refractivity contribution in [2.75, 3.05) is 13.2 Å². The van der Waals surface area contributed by atoms with Crippen molar-refractivity contribution in [3.63, 3.8) is 0 Å². The van der Waals surface area contributed by atoms with Crippen LogP contribution in [-0.2, 0) is 0 Å². The summed E-state index contributed by atoms with van der Waals surface area (Å²) in [6.07, 6.45) is 0.812. The second kappa shape index (κ2) is 7.28. The Morgan fingerprint density at radius 1 is 1.33 bits per heavy atom. The highest BCUT2D eigenvalue weighted by molar-refractivity contribution is 5.23. The molecule has 0 spiro atoms. The van der Waals surface area contributed by atoms with Crippen molar-refractivity contribution in [1.82, 2.24) is 5.32 Å². The van der Waals surface area contributed by atoms with Gasteiger partial charge in [0.2, 0.25) is 0 Å². The third-order valence-corrected chi connectivity index (χ3v) is 2.62. The van der Waals surface area contributed by atoms with E-state index >= 15 is 0 Å². The number of nitrogens with one attached hydrogen (secondary N) is 1. The Kier molecular flexibility index (Phi) is 6.01. The van der Waals surface area contributed by atoms with Crippen molar-refractivity contribution in [1.29, 1.82) is 0 Å². The number of hydrogen-bond acceptors (Lipinski definition) is 3. The largest absolute Gasteiger partial charge is 0.492 e. The first-order chi connectivity index (χ1) is 8.56. The van der Waals surface area contributed by atoms with Gasteiger partial charge in [0, 0.05) is 18.2 Å². The average Bonchev–Trinajstić information content (AvgIpc) is 2.37. The molecule has 0 saturated carbocycles. The molecule has 0 heterocycles. The smallest absolute Gasteiger partial charge is 0.162 e.